The van der Waals surface area contributed by atoms with Crippen LogP contribution in [0.1, 0.15) is 36.8 Å². The van der Waals surface area contributed by atoms with E-state index in [-0.39, 0.29) is 17.0 Å². The number of aromatic nitrogens is 1. The lowest BCUT2D eigenvalue weighted by Crippen LogP contribution is -2.24. The Morgan fingerprint density at radius 1 is 1.56 bits per heavy atom. The highest BCUT2D eigenvalue weighted by atomic mass is 16.6. The van der Waals surface area contributed by atoms with Crippen molar-refractivity contribution in [1.82, 2.24) is 4.98 Å². The van der Waals surface area contributed by atoms with Gasteiger partial charge in [0.1, 0.15) is 16.9 Å². The fourth-order valence-corrected chi connectivity index (χ4v) is 1.12. The number of nitrogens with zero attached hydrogens (tertiary/aromatic N) is 1. The molecule has 0 aromatic carbocycles. The van der Waals surface area contributed by atoms with Crippen molar-refractivity contribution in [3.63, 3.8) is 0 Å². The molecule has 0 saturated heterocycles. The summed E-state index contributed by atoms with van der Waals surface area (Å²) in [5.74, 6) is -0.776. The van der Waals surface area contributed by atoms with Gasteiger partial charge in [-0.25, -0.2) is 4.79 Å². The Morgan fingerprint density at radius 2 is 2.19 bits per heavy atom. The van der Waals surface area contributed by atoms with Crippen LogP contribution in [0.25, 0.3) is 6.08 Å². The van der Waals surface area contributed by atoms with Gasteiger partial charge in [-0.15, -0.1) is 0 Å². The van der Waals surface area contributed by atoms with E-state index in [1.807, 2.05) is 0 Å². The second-order valence-electron chi connectivity index (χ2n) is 4.30. The number of hydrogen-bond donors (Lipinski definition) is 1. The van der Waals surface area contributed by atoms with Gasteiger partial charge in [-0.05, 0) is 32.9 Å². The fourth-order valence-electron chi connectivity index (χ4n) is 1.12. The van der Waals surface area contributed by atoms with Gasteiger partial charge in [0, 0.05) is 6.20 Å². The lowest BCUT2D eigenvalue weighted by atomic mass is 10.1. The van der Waals surface area contributed by atoms with Crippen LogP contribution >= 0.6 is 0 Å². The van der Waals surface area contributed by atoms with Gasteiger partial charge in [-0.3, -0.25) is 4.98 Å². The number of hydrogen-bond acceptors (Lipinski definition) is 4. The third-order valence-corrected chi connectivity index (χ3v) is 1.76. The second-order valence-corrected chi connectivity index (χ2v) is 4.30. The van der Waals surface area contributed by atoms with Crippen LogP contribution in [-0.2, 0) is 4.74 Å². The van der Waals surface area contributed by atoms with Crippen LogP contribution in [0.5, 0.6) is 5.75 Å². The molecular formula is C12H15NO3. The number of pyridine rings is 1. The molecule has 1 aromatic rings. The zero-order valence-corrected chi connectivity index (χ0v) is 9.65. The molecule has 4 heteroatoms. The van der Waals surface area contributed by atoms with Crippen molar-refractivity contribution in [3.8, 4) is 5.75 Å². The SMILES string of the molecule is C=Cc1nccc(C(=O)OC(C)(C)C)c1O. The Morgan fingerprint density at radius 3 is 2.69 bits per heavy atom. The van der Waals surface area contributed by atoms with Gasteiger partial charge in [-0.1, -0.05) is 6.58 Å². The summed E-state index contributed by atoms with van der Waals surface area (Å²) in [6, 6.07) is 1.41. The molecule has 0 amide bonds. The van der Waals surface area contributed by atoms with Crippen LogP contribution in [0, 0.1) is 0 Å². The predicted octanol–water partition coefficient (Wildman–Crippen LogP) is 2.39. The van der Waals surface area contributed by atoms with Crippen LogP contribution < -0.4 is 0 Å². The van der Waals surface area contributed by atoms with E-state index in [0.717, 1.165) is 0 Å². The molecule has 0 radical (unpaired) electrons. The molecule has 0 aliphatic heterocycles. The van der Waals surface area contributed by atoms with Crippen molar-refractivity contribution in [2.24, 2.45) is 0 Å². The first-order chi connectivity index (χ1) is 7.35. The van der Waals surface area contributed by atoms with E-state index < -0.39 is 11.6 Å². The zero-order chi connectivity index (χ0) is 12.3. The summed E-state index contributed by atoms with van der Waals surface area (Å²) in [6.45, 7) is 8.78. The first kappa shape index (κ1) is 12.2. The average Bonchev–Trinajstić information content (AvgIpc) is 2.15. The van der Waals surface area contributed by atoms with Gasteiger partial charge in [-0.2, -0.15) is 0 Å². The summed E-state index contributed by atoms with van der Waals surface area (Å²) >= 11 is 0. The highest BCUT2D eigenvalue weighted by Crippen LogP contribution is 2.23. The van der Waals surface area contributed by atoms with Crippen molar-refractivity contribution in [2.75, 3.05) is 0 Å². The standard InChI is InChI=1S/C12H15NO3/c1-5-9-10(14)8(6-7-13-9)11(15)16-12(2,3)4/h5-7,14H,1H2,2-4H3. The van der Waals surface area contributed by atoms with Crippen LogP contribution in [-0.4, -0.2) is 21.7 Å². The molecule has 0 fully saturated rings. The molecule has 0 spiro atoms. The lowest BCUT2D eigenvalue weighted by Gasteiger charge is -2.19. The van der Waals surface area contributed by atoms with E-state index in [1.54, 1.807) is 20.8 Å². The maximum absolute atomic E-state index is 11.7. The van der Waals surface area contributed by atoms with Gasteiger partial charge >= 0.3 is 5.97 Å². The Balaban J connectivity index is 3.05. The molecule has 1 aromatic heterocycles. The predicted molar refractivity (Wildman–Crippen MR) is 61.2 cm³/mol. The monoisotopic (exact) mass is 221 g/mol. The number of esters is 1. The first-order valence-corrected chi connectivity index (χ1v) is 4.89. The third-order valence-electron chi connectivity index (χ3n) is 1.76. The molecule has 0 aliphatic rings. The number of carbonyl (C=O) groups is 1. The summed E-state index contributed by atoms with van der Waals surface area (Å²) in [6.07, 6.45) is 2.80. The van der Waals surface area contributed by atoms with Crippen molar-refractivity contribution < 1.29 is 14.6 Å². The molecule has 0 aliphatic carbocycles. The third kappa shape index (κ3) is 2.82. The number of ether oxygens (including phenoxy) is 1. The fraction of sp³-hybridized carbons (Fsp3) is 0.333. The molecule has 1 N–H and O–H groups in total. The molecule has 1 heterocycles. The zero-order valence-electron chi connectivity index (χ0n) is 9.65. The van der Waals surface area contributed by atoms with E-state index >= 15 is 0 Å². The smallest absolute Gasteiger partial charge is 0.342 e. The van der Waals surface area contributed by atoms with Crippen LogP contribution in [0.15, 0.2) is 18.8 Å². The van der Waals surface area contributed by atoms with E-state index in [4.69, 9.17) is 4.74 Å². The van der Waals surface area contributed by atoms with E-state index in [1.165, 1.54) is 18.3 Å². The van der Waals surface area contributed by atoms with Gasteiger partial charge in [0.15, 0.2) is 5.75 Å². The van der Waals surface area contributed by atoms with E-state index in [0.29, 0.717) is 0 Å². The minimum Gasteiger partial charge on any atom is -0.505 e. The molecule has 16 heavy (non-hydrogen) atoms. The Hall–Kier alpha value is -1.84. The highest BCUT2D eigenvalue weighted by molar-refractivity contribution is 5.93. The highest BCUT2D eigenvalue weighted by Gasteiger charge is 2.21. The largest absolute Gasteiger partial charge is 0.505 e. The summed E-state index contributed by atoms with van der Waals surface area (Å²) in [5.41, 5.74) is -0.232. The van der Waals surface area contributed by atoms with Gasteiger partial charge in [0.05, 0.1) is 0 Å². The summed E-state index contributed by atoms with van der Waals surface area (Å²) in [4.78, 5) is 15.6. The van der Waals surface area contributed by atoms with Gasteiger partial charge in [0.25, 0.3) is 0 Å². The minimum absolute atomic E-state index is 0.0971. The number of aromatic hydroxyl groups is 1. The first-order valence-electron chi connectivity index (χ1n) is 4.89. The molecule has 86 valence electrons. The Bertz CT molecular complexity index is 419. The normalized spacial score (nSPS) is 10.9. The van der Waals surface area contributed by atoms with Crippen LogP contribution in [0.2, 0.25) is 0 Å². The second kappa shape index (κ2) is 4.35. The molecule has 0 bridgehead atoms. The molecule has 0 saturated carbocycles. The lowest BCUT2D eigenvalue weighted by molar-refractivity contribution is 0.00666. The topological polar surface area (TPSA) is 59.4 Å². The van der Waals surface area contributed by atoms with Gasteiger partial charge < -0.3 is 9.84 Å². The number of rotatable bonds is 2. The number of carbonyl (C=O) groups excluding carboxylic acids is 1. The van der Waals surface area contributed by atoms with Crippen molar-refractivity contribution in [3.05, 3.63) is 30.1 Å². The van der Waals surface area contributed by atoms with Crippen molar-refractivity contribution >= 4 is 12.0 Å². The Kier molecular flexibility index (Phi) is 3.32. The van der Waals surface area contributed by atoms with Crippen LogP contribution in [0.3, 0.4) is 0 Å². The average molecular weight is 221 g/mol. The minimum atomic E-state index is -0.596. The molecule has 1 rings (SSSR count). The summed E-state index contributed by atoms with van der Waals surface area (Å²) in [5, 5.41) is 9.72. The summed E-state index contributed by atoms with van der Waals surface area (Å²) < 4.78 is 5.14. The maximum atomic E-state index is 11.7. The Labute approximate surface area is 94.6 Å². The molecular weight excluding hydrogens is 206 g/mol. The van der Waals surface area contributed by atoms with Gasteiger partial charge in [0.2, 0.25) is 0 Å². The molecule has 4 nitrogen and oxygen atoms in total. The maximum Gasteiger partial charge on any atom is 0.342 e. The molecule has 0 unspecified atom stereocenters. The quantitative estimate of drug-likeness (QED) is 0.779. The van der Waals surface area contributed by atoms with Crippen LogP contribution in [0.4, 0.5) is 0 Å². The molecule has 0 atom stereocenters. The van der Waals surface area contributed by atoms with E-state index in [9.17, 15) is 9.90 Å². The van der Waals surface area contributed by atoms with E-state index in [2.05, 4.69) is 11.6 Å². The van der Waals surface area contributed by atoms with Crippen molar-refractivity contribution in [2.45, 2.75) is 26.4 Å². The summed E-state index contributed by atoms with van der Waals surface area (Å²) in [7, 11) is 0. The van der Waals surface area contributed by atoms with Crippen molar-refractivity contribution in [1.29, 1.82) is 0 Å².